The fraction of sp³-hybridized carbons (Fsp3) is 0.647. The summed E-state index contributed by atoms with van der Waals surface area (Å²) in [6.45, 7) is 9.32. The van der Waals surface area contributed by atoms with Gasteiger partial charge in [-0.15, -0.1) is 0 Å². The van der Waals surface area contributed by atoms with Crippen LogP contribution in [-0.2, 0) is 0 Å². The summed E-state index contributed by atoms with van der Waals surface area (Å²) in [5, 5.41) is 2.80. The van der Waals surface area contributed by atoms with Crippen molar-refractivity contribution in [2.24, 2.45) is 5.41 Å². The summed E-state index contributed by atoms with van der Waals surface area (Å²) in [7, 11) is 0. The van der Waals surface area contributed by atoms with E-state index >= 15 is 0 Å². The average molecular weight is 289 g/mol. The van der Waals surface area contributed by atoms with E-state index in [1.54, 1.807) is 6.20 Å². The second-order valence-corrected chi connectivity index (χ2v) is 6.35. The van der Waals surface area contributed by atoms with E-state index in [-0.39, 0.29) is 5.91 Å². The van der Waals surface area contributed by atoms with Gasteiger partial charge in [-0.05, 0) is 43.7 Å². The Kier molecular flexibility index (Phi) is 5.21. The van der Waals surface area contributed by atoms with Gasteiger partial charge < -0.3 is 10.2 Å². The number of nitrogens with one attached hydrogen (secondary N) is 1. The molecule has 0 aliphatic carbocycles. The molecule has 2 heterocycles. The number of piperidine rings is 1. The number of carbonyl (C=O) groups is 1. The predicted octanol–water partition coefficient (Wildman–Crippen LogP) is 3.24. The van der Waals surface area contributed by atoms with Crippen LogP contribution in [0, 0.1) is 5.41 Å². The molecule has 1 aliphatic heterocycles. The molecule has 1 atom stereocenters. The third-order valence-corrected chi connectivity index (χ3v) is 4.31. The molecule has 1 N–H and O–H groups in total. The van der Waals surface area contributed by atoms with Crippen LogP contribution in [0.25, 0.3) is 0 Å². The van der Waals surface area contributed by atoms with Crippen molar-refractivity contribution < 1.29 is 4.79 Å². The third kappa shape index (κ3) is 3.96. The Morgan fingerprint density at radius 3 is 2.86 bits per heavy atom. The monoisotopic (exact) mass is 289 g/mol. The molecule has 1 unspecified atom stereocenters. The Labute approximate surface area is 127 Å². The number of hydrogen-bond donors (Lipinski definition) is 1. The third-order valence-electron chi connectivity index (χ3n) is 4.31. The molecular weight excluding hydrogens is 262 g/mol. The maximum absolute atomic E-state index is 11.8. The van der Waals surface area contributed by atoms with Gasteiger partial charge in [0.25, 0.3) is 5.91 Å². The number of carbonyl (C=O) groups excluding carboxylic acids is 1. The van der Waals surface area contributed by atoms with Crippen molar-refractivity contribution in [2.75, 3.05) is 24.5 Å². The lowest BCUT2D eigenvalue weighted by molar-refractivity contribution is 0.0955. The van der Waals surface area contributed by atoms with Gasteiger partial charge in [0, 0.05) is 25.8 Å². The van der Waals surface area contributed by atoms with E-state index in [4.69, 9.17) is 0 Å². The fourth-order valence-electron chi connectivity index (χ4n) is 3.29. The van der Waals surface area contributed by atoms with Gasteiger partial charge in [-0.25, -0.2) is 4.98 Å². The highest BCUT2D eigenvalue weighted by Gasteiger charge is 2.30. The number of rotatable bonds is 5. The Morgan fingerprint density at radius 2 is 2.24 bits per heavy atom. The van der Waals surface area contributed by atoms with Gasteiger partial charge in [-0.1, -0.05) is 20.3 Å². The second kappa shape index (κ2) is 6.92. The number of nitrogens with zero attached hydrogens (tertiary/aromatic N) is 2. The molecule has 0 spiro atoms. The van der Waals surface area contributed by atoms with Gasteiger partial charge >= 0.3 is 0 Å². The SMILES string of the molecule is CCCC1(C)CCCN(c2ccc(C(=O)NCC)cn2)C1. The average Bonchev–Trinajstić information content (AvgIpc) is 2.47. The molecule has 1 amide bonds. The highest BCUT2D eigenvalue weighted by molar-refractivity contribution is 5.93. The standard InChI is InChI=1S/C17H27N3O/c1-4-9-17(3)10-6-11-20(13-17)15-8-7-14(12-19-15)16(21)18-5-2/h7-8,12H,4-6,9-11,13H2,1-3H3,(H,18,21). The van der Waals surface area contributed by atoms with Crippen molar-refractivity contribution in [1.82, 2.24) is 10.3 Å². The summed E-state index contributed by atoms with van der Waals surface area (Å²) >= 11 is 0. The molecule has 116 valence electrons. The van der Waals surface area contributed by atoms with Crippen LogP contribution in [0.1, 0.15) is 56.8 Å². The van der Waals surface area contributed by atoms with E-state index < -0.39 is 0 Å². The van der Waals surface area contributed by atoms with E-state index in [2.05, 4.69) is 29.0 Å². The van der Waals surface area contributed by atoms with Gasteiger partial charge in [0.1, 0.15) is 5.82 Å². The topological polar surface area (TPSA) is 45.2 Å². The molecule has 21 heavy (non-hydrogen) atoms. The van der Waals surface area contributed by atoms with Crippen LogP contribution in [0.15, 0.2) is 18.3 Å². The van der Waals surface area contributed by atoms with Crippen molar-refractivity contribution >= 4 is 11.7 Å². The molecule has 0 bridgehead atoms. The van der Waals surface area contributed by atoms with E-state index in [9.17, 15) is 4.79 Å². The first-order chi connectivity index (χ1) is 10.1. The molecule has 0 radical (unpaired) electrons. The van der Waals surface area contributed by atoms with Crippen LogP contribution >= 0.6 is 0 Å². The van der Waals surface area contributed by atoms with E-state index in [0.717, 1.165) is 18.9 Å². The van der Waals surface area contributed by atoms with Crippen molar-refractivity contribution in [3.05, 3.63) is 23.9 Å². The molecule has 2 rings (SSSR count). The zero-order valence-corrected chi connectivity index (χ0v) is 13.5. The van der Waals surface area contributed by atoms with Crippen LogP contribution in [0.4, 0.5) is 5.82 Å². The second-order valence-electron chi connectivity index (χ2n) is 6.35. The van der Waals surface area contributed by atoms with E-state index in [0.29, 0.717) is 17.5 Å². The number of hydrogen-bond acceptors (Lipinski definition) is 3. The summed E-state index contributed by atoms with van der Waals surface area (Å²) in [5.74, 6) is 0.941. The Morgan fingerprint density at radius 1 is 1.43 bits per heavy atom. The summed E-state index contributed by atoms with van der Waals surface area (Å²) in [6, 6.07) is 3.85. The zero-order chi connectivity index (χ0) is 15.3. The Balaban J connectivity index is 2.06. The number of aromatic nitrogens is 1. The Bertz CT molecular complexity index is 467. The molecule has 0 saturated carbocycles. The molecule has 1 aliphatic rings. The summed E-state index contributed by atoms with van der Waals surface area (Å²) in [6.07, 6.45) is 6.70. The minimum absolute atomic E-state index is 0.0500. The smallest absolute Gasteiger partial charge is 0.252 e. The highest BCUT2D eigenvalue weighted by atomic mass is 16.1. The van der Waals surface area contributed by atoms with Crippen LogP contribution in [-0.4, -0.2) is 30.5 Å². The molecule has 1 aromatic heterocycles. The lowest BCUT2D eigenvalue weighted by Crippen LogP contribution is -2.42. The zero-order valence-electron chi connectivity index (χ0n) is 13.5. The first kappa shape index (κ1) is 15.8. The first-order valence-electron chi connectivity index (χ1n) is 8.07. The highest BCUT2D eigenvalue weighted by Crippen LogP contribution is 2.35. The minimum Gasteiger partial charge on any atom is -0.356 e. The van der Waals surface area contributed by atoms with Crippen LogP contribution in [0.3, 0.4) is 0 Å². The molecule has 4 heteroatoms. The maximum atomic E-state index is 11.8. The van der Waals surface area contributed by atoms with Gasteiger partial charge in [0.2, 0.25) is 0 Å². The number of anilines is 1. The minimum atomic E-state index is -0.0500. The van der Waals surface area contributed by atoms with Crippen molar-refractivity contribution in [3.63, 3.8) is 0 Å². The molecule has 1 aromatic rings. The molecule has 4 nitrogen and oxygen atoms in total. The lowest BCUT2D eigenvalue weighted by atomic mass is 9.78. The van der Waals surface area contributed by atoms with Gasteiger partial charge in [0.05, 0.1) is 5.56 Å². The Hall–Kier alpha value is -1.58. The molecule has 1 saturated heterocycles. The van der Waals surface area contributed by atoms with Crippen LogP contribution < -0.4 is 10.2 Å². The summed E-state index contributed by atoms with van der Waals surface area (Å²) in [4.78, 5) is 18.6. The van der Waals surface area contributed by atoms with Crippen molar-refractivity contribution in [3.8, 4) is 0 Å². The van der Waals surface area contributed by atoms with Crippen LogP contribution in [0.5, 0.6) is 0 Å². The van der Waals surface area contributed by atoms with Crippen molar-refractivity contribution in [2.45, 2.75) is 46.5 Å². The maximum Gasteiger partial charge on any atom is 0.252 e. The summed E-state index contributed by atoms with van der Waals surface area (Å²) in [5.41, 5.74) is 1.03. The van der Waals surface area contributed by atoms with Crippen LogP contribution in [0.2, 0.25) is 0 Å². The summed E-state index contributed by atoms with van der Waals surface area (Å²) < 4.78 is 0. The van der Waals surface area contributed by atoms with E-state index in [1.807, 2.05) is 19.1 Å². The molecule has 0 aromatic carbocycles. The fourth-order valence-corrected chi connectivity index (χ4v) is 3.29. The van der Waals surface area contributed by atoms with Gasteiger partial charge in [-0.2, -0.15) is 0 Å². The first-order valence-corrected chi connectivity index (χ1v) is 8.07. The van der Waals surface area contributed by atoms with Gasteiger partial charge in [-0.3, -0.25) is 4.79 Å². The normalized spacial score (nSPS) is 22.1. The number of amides is 1. The lowest BCUT2D eigenvalue weighted by Gasteiger charge is -2.41. The number of pyridine rings is 1. The van der Waals surface area contributed by atoms with E-state index in [1.165, 1.54) is 25.7 Å². The van der Waals surface area contributed by atoms with Crippen molar-refractivity contribution in [1.29, 1.82) is 0 Å². The molecule has 1 fully saturated rings. The quantitative estimate of drug-likeness (QED) is 0.905. The predicted molar refractivity (Wildman–Crippen MR) is 86.7 cm³/mol. The molecular formula is C17H27N3O. The van der Waals surface area contributed by atoms with Gasteiger partial charge in [0.15, 0.2) is 0 Å². The largest absolute Gasteiger partial charge is 0.356 e.